The van der Waals surface area contributed by atoms with Crippen LogP contribution in [0.25, 0.3) is 0 Å². The average molecular weight is 589 g/mol. The van der Waals surface area contributed by atoms with Gasteiger partial charge in [-0.05, 0) is 79.4 Å². The number of Topliss-reactive ketones (excluding diaryl/α,β-unsaturated/α-hetero) is 1. The summed E-state index contributed by atoms with van der Waals surface area (Å²) >= 11 is 0. The third-order valence-corrected chi connectivity index (χ3v) is 12.8. The molecule has 0 saturated heterocycles. The van der Waals surface area contributed by atoms with Crippen LogP contribution in [0.2, 0.25) is 0 Å². The molecule has 3 saturated carbocycles. The van der Waals surface area contributed by atoms with Crippen molar-refractivity contribution >= 4 is 23.7 Å². The minimum Gasteiger partial charge on any atom is -0.481 e. The van der Waals surface area contributed by atoms with Crippen LogP contribution in [0.5, 0.6) is 0 Å². The molecule has 2 N–H and O–H groups in total. The Bertz CT molecular complexity index is 1160. The first-order valence-electron chi connectivity index (χ1n) is 16.0. The molecular formula is C34H52O8. The Kier molecular flexibility index (Phi) is 8.85. The molecule has 0 aromatic carbocycles. The molecule has 1 unspecified atom stereocenters. The van der Waals surface area contributed by atoms with Crippen molar-refractivity contribution < 1.29 is 38.9 Å². The van der Waals surface area contributed by atoms with Gasteiger partial charge in [0.1, 0.15) is 11.9 Å². The number of carboxylic acid groups (broad SMARTS) is 1. The van der Waals surface area contributed by atoms with Gasteiger partial charge in [0.2, 0.25) is 0 Å². The number of hydrogen-bond acceptors (Lipinski definition) is 7. The summed E-state index contributed by atoms with van der Waals surface area (Å²) in [5.41, 5.74) is -1.27. The van der Waals surface area contributed by atoms with Gasteiger partial charge in [-0.3, -0.25) is 19.2 Å². The van der Waals surface area contributed by atoms with Crippen LogP contribution < -0.4 is 0 Å². The number of esters is 2. The predicted octanol–water partition coefficient (Wildman–Crippen LogP) is 6.24. The maximum Gasteiger partial charge on any atom is 0.313 e. The van der Waals surface area contributed by atoms with E-state index in [1.54, 1.807) is 6.92 Å². The Morgan fingerprint density at radius 1 is 0.952 bits per heavy atom. The summed E-state index contributed by atoms with van der Waals surface area (Å²) in [5, 5.41) is 20.9. The Hall–Kier alpha value is -2.22. The first-order valence-corrected chi connectivity index (χ1v) is 16.0. The van der Waals surface area contributed by atoms with Gasteiger partial charge < -0.3 is 19.7 Å². The maximum atomic E-state index is 13.2. The van der Waals surface area contributed by atoms with Crippen LogP contribution in [-0.4, -0.2) is 46.1 Å². The van der Waals surface area contributed by atoms with E-state index in [-0.39, 0.29) is 52.3 Å². The number of ketones is 1. The maximum absolute atomic E-state index is 13.2. The van der Waals surface area contributed by atoms with E-state index in [0.717, 1.165) is 32.1 Å². The minimum atomic E-state index is -1.31. The number of fused-ring (bicyclic) bond motifs is 5. The van der Waals surface area contributed by atoms with Gasteiger partial charge in [-0.2, -0.15) is 0 Å². The van der Waals surface area contributed by atoms with Crippen LogP contribution in [0.3, 0.4) is 0 Å². The van der Waals surface area contributed by atoms with Crippen molar-refractivity contribution in [2.24, 2.45) is 45.3 Å². The van der Waals surface area contributed by atoms with Crippen LogP contribution >= 0.6 is 0 Å². The molecule has 0 aromatic rings. The summed E-state index contributed by atoms with van der Waals surface area (Å²) in [5.74, 6) is -3.68. The first-order chi connectivity index (χ1) is 19.5. The van der Waals surface area contributed by atoms with Gasteiger partial charge in [0.25, 0.3) is 0 Å². The number of carboxylic acids is 1. The highest BCUT2D eigenvalue weighted by Gasteiger charge is 2.71. The van der Waals surface area contributed by atoms with Crippen LogP contribution in [-0.2, 0) is 28.7 Å². The van der Waals surface area contributed by atoms with E-state index < -0.39 is 47.2 Å². The molecular weight excluding hydrogens is 536 g/mol. The van der Waals surface area contributed by atoms with Crippen molar-refractivity contribution in [1.82, 2.24) is 0 Å². The number of hydrogen-bond donors (Lipinski definition) is 2. The van der Waals surface area contributed by atoms with Crippen LogP contribution in [0.15, 0.2) is 11.3 Å². The second-order valence-electron chi connectivity index (χ2n) is 14.9. The first kappa shape index (κ1) is 32.7. The number of ether oxygens (including phenoxy) is 2. The minimum absolute atomic E-state index is 0.0267. The normalized spacial score (nSPS) is 42.0. The van der Waals surface area contributed by atoms with Crippen molar-refractivity contribution in [3.63, 3.8) is 0 Å². The van der Waals surface area contributed by atoms with E-state index in [1.165, 1.54) is 20.3 Å². The second-order valence-corrected chi connectivity index (χ2v) is 14.9. The SMILES string of the molecule is CCC(O)CC(=O)OC1=C(C(C)=O)[C@H](C(=O)O)[C@@]2(C)[C@@H](OC(C)=O)C[C@@H]3[C@@]4(C)CCC[C@](C)(CC)[C@@H]4CC[C@@]3(C)[C@@H]2C1. The number of rotatable bonds is 8. The highest BCUT2D eigenvalue weighted by atomic mass is 16.5. The summed E-state index contributed by atoms with van der Waals surface area (Å²) < 4.78 is 11.9. The third-order valence-electron chi connectivity index (χ3n) is 12.8. The number of carbonyl (C=O) groups excluding carboxylic acids is 3. The summed E-state index contributed by atoms with van der Waals surface area (Å²) in [4.78, 5) is 51.9. The largest absolute Gasteiger partial charge is 0.481 e. The zero-order valence-electron chi connectivity index (χ0n) is 26.9. The molecule has 0 amide bonds. The summed E-state index contributed by atoms with van der Waals surface area (Å²) in [7, 11) is 0. The van der Waals surface area contributed by atoms with E-state index in [4.69, 9.17) is 9.47 Å². The molecule has 4 aliphatic rings. The van der Waals surface area contributed by atoms with Crippen molar-refractivity contribution in [3.8, 4) is 0 Å². The predicted molar refractivity (Wildman–Crippen MR) is 157 cm³/mol. The van der Waals surface area contributed by atoms with Crippen LogP contribution in [0.1, 0.15) is 120 Å². The Morgan fingerprint density at radius 3 is 2.14 bits per heavy atom. The molecule has 236 valence electrons. The average Bonchev–Trinajstić information content (AvgIpc) is 2.89. The molecule has 42 heavy (non-hydrogen) atoms. The van der Waals surface area contributed by atoms with Gasteiger partial charge >= 0.3 is 17.9 Å². The van der Waals surface area contributed by atoms with Gasteiger partial charge in [-0.15, -0.1) is 0 Å². The zero-order chi connectivity index (χ0) is 31.4. The van der Waals surface area contributed by atoms with Gasteiger partial charge in [0.05, 0.1) is 18.4 Å². The molecule has 8 nitrogen and oxygen atoms in total. The molecule has 0 spiro atoms. The van der Waals surface area contributed by atoms with Gasteiger partial charge in [0.15, 0.2) is 5.78 Å². The van der Waals surface area contributed by atoms with Gasteiger partial charge in [0, 0.05) is 24.3 Å². The fourth-order valence-corrected chi connectivity index (χ4v) is 10.7. The lowest BCUT2D eigenvalue weighted by Crippen LogP contribution is -2.68. The standard InChI is InChI=1S/C34H52O8/c1-9-21(37)16-27(38)42-22-17-25-33(7)15-12-23-31(5,10-2)13-11-14-32(23,6)24(33)18-26(41-20(4)36)34(25,8)29(30(39)40)28(22)19(3)35/h21,23-26,29,37H,9-18H2,1-8H3,(H,39,40)/t21?,23-,24+,25-,26-,29+,31-,32-,33+,34+/m0/s1. The van der Waals surface area contributed by atoms with E-state index in [9.17, 15) is 29.4 Å². The summed E-state index contributed by atoms with van der Waals surface area (Å²) in [6.45, 7) is 15.7. The van der Waals surface area contributed by atoms with Crippen LogP contribution in [0, 0.1) is 45.3 Å². The quantitative estimate of drug-likeness (QED) is 0.319. The van der Waals surface area contributed by atoms with Gasteiger partial charge in [-0.1, -0.05) is 54.4 Å². The van der Waals surface area contributed by atoms with Crippen molar-refractivity contribution in [3.05, 3.63) is 11.3 Å². The molecule has 4 aliphatic carbocycles. The number of aliphatic carboxylic acids is 1. The lowest BCUT2D eigenvalue weighted by atomic mass is 9.34. The van der Waals surface area contributed by atoms with E-state index in [1.807, 2.05) is 6.92 Å². The van der Waals surface area contributed by atoms with Gasteiger partial charge in [-0.25, -0.2) is 0 Å². The zero-order valence-corrected chi connectivity index (χ0v) is 26.9. The monoisotopic (exact) mass is 588 g/mol. The highest BCUT2D eigenvalue weighted by molar-refractivity contribution is 6.00. The Balaban J connectivity index is 1.90. The highest BCUT2D eigenvalue weighted by Crippen LogP contribution is 2.74. The lowest BCUT2D eigenvalue weighted by molar-refractivity contribution is -0.245. The summed E-state index contributed by atoms with van der Waals surface area (Å²) in [6.07, 6.45) is 5.68. The van der Waals surface area contributed by atoms with Crippen molar-refractivity contribution in [1.29, 1.82) is 0 Å². The number of allylic oxidation sites excluding steroid dienone is 1. The number of aliphatic hydroxyl groups is 1. The lowest BCUT2D eigenvalue weighted by Gasteiger charge is -2.70. The fourth-order valence-electron chi connectivity index (χ4n) is 10.7. The van der Waals surface area contributed by atoms with E-state index in [0.29, 0.717) is 18.8 Å². The topological polar surface area (TPSA) is 127 Å². The van der Waals surface area contributed by atoms with E-state index in [2.05, 4.69) is 27.7 Å². The molecule has 0 heterocycles. The molecule has 8 heteroatoms. The number of aliphatic hydroxyl groups excluding tert-OH is 1. The molecule has 0 aliphatic heterocycles. The molecule has 0 aromatic heterocycles. The molecule has 4 rings (SSSR count). The number of carbonyl (C=O) groups is 4. The van der Waals surface area contributed by atoms with Crippen molar-refractivity contribution in [2.75, 3.05) is 0 Å². The molecule has 10 atom stereocenters. The molecule has 3 fully saturated rings. The molecule has 0 bridgehead atoms. The van der Waals surface area contributed by atoms with Crippen LogP contribution in [0.4, 0.5) is 0 Å². The smallest absolute Gasteiger partial charge is 0.313 e. The molecule has 0 radical (unpaired) electrons. The van der Waals surface area contributed by atoms with Crippen molar-refractivity contribution in [2.45, 2.75) is 132 Å². The fraction of sp³-hybridized carbons (Fsp3) is 0.824. The Morgan fingerprint density at radius 2 is 1.60 bits per heavy atom. The second kappa shape index (κ2) is 11.4. The Labute approximate surface area is 251 Å². The third kappa shape index (κ3) is 5.03. The summed E-state index contributed by atoms with van der Waals surface area (Å²) in [6, 6.07) is 0. The van der Waals surface area contributed by atoms with E-state index >= 15 is 0 Å².